The molecule has 6 nitrogen and oxygen atoms in total. The number of ether oxygens (including phenoxy) is 1. The summed E-state index contributed by atoms with van der Waals surface area (Å²) in [6.07, 6.45) is 0. The van der Waals surface area contributed by atoms with Gasteiger partial charge in [0.25, 0.3) is 5.91 Å². The smallest absolute Gasteiger partial charge is 0.255 e. The molecular formula is C14H19Cl2N3O3. The Kier molecular flexibility index (Phi) is 7.61. The zero-order chi connectivity index (χ0) is 15.2. The second kappa shape index (κ2) is 8.95. The van der Waals surface area contributed by atoms with Crippen LogP contribution in [0.2, 0.25) is 5.02 Å². The number of benzene rings is 1. The van der Waals surface area contributed by atoms with E-state index in [-0.39, 0.29) is 30.8 Å². The van der Waals surface area contributed by atoms with Crippen LogP contribution in [0.4, 0.5) is 5.69 Å². The Morgan fingerprint density at radius 3 is 2.59 bits per heavy atom. The first-order chi connectivity index (χ1) is 10.1. The van der Waals surface area contributed by atoms with E-state index in [2.05, 4.69) is 10.6 Å². The molecule has 0 aliphatic carbocycles. The molecule has 2 amide bonds. The molecule has 0 saturated carbocycles. The molecule has 1 saturated heterocycles. The lowest BCUT2D eigenvalue weighted by Gasteiger charge is -2.27. The molecule has 22 heavy (non-hydrogen) atoms. The SMILES string of the molecule is CNCC(=O)Nc1ccc(C(=O)N2CCOCC2)c(Cl)c1.Cl. The van der Waals surface area contributed by atoms with E-state index in [0.29, 0.717) is 42.6 Å². The minimum atomic E-state index is -0.166. The van der Waals surface area contributed by atoms with E-state index in [0.717, 1.165) is 0 Å². The normalized spacial score (nSPS) is 14.2. The van der Waals surface area contributed by atoms with Crippen molar-refractivity contribution in [2.75, 3.05) is 45.2 Å². The zero-order valence-electron chi connectivity index (χ0n) is 12.2. The minimum Gasteiger partial charge on any atom is -0.378 e. The van der Waals surface area contributed by atoms with Crippen molar-refractivity contribution in [1.82, 2.24) is 10.2 Å². The van der Waals surface area contributed by atoms with Gasteiger partial charge in [-0.15, -0.1) is 12.4 Å². The summed E-state index contributed by atoms with van der Waals surface area (Å²) >= 11 is 6.16. The maximum absolute atomic E-state index is 12.3. The third kappa shape index (κ3) is 4.84. The van der Waals surface area contributed by atoms with Gasteiger partial charge in [-0.25, -0.2) is 0 Å². The fraction of sp³-hybridized carbons (Fsp3) is 0.429. The van der Waals surface area contributed by atoms with E-state index in [1.54, 1.807) is 30.1 Å². The standard InChI is InChI=1S/C14H18ClN3O3.ClH/c1-16-9-13(19)17-10-2-3-11(12(15)8-10)14(20)18-4-6-21-7-5-18;/h2-3,8,16H,4-7,9H2,1H3,(H,17,19);1H. The van der Waals surface area contributed by atoms with Crippen LogP contribution >= 0.6 is 24.0 Å². The lowest BCUT2D eigenvalue weighted by atomic mass is 10.1. The zero-order valence-corrected chi connectivity index (χ0v) is 13.8. The van der Waals surface area contributed by atoms with Gasteiger partial charge in [-0.2, -0.15) is 0 Å². The quantitative estimate of drug-likeness (QED) is 0.863. The lowest BCUT2D eigenvalue weighted by molar-refractivity contribution is -0.115. The Hall–Kier alpha value is -1.34. The number of rotatable bonds is 4. The number of halogens is 2. The van der Waals surface area contributed by atoms with E-state index in [1.807, 2.05) is 0 Å². The Labute approximate surface area is 140 Å². The highest BCUT2D eigenvalue weighted by atomic mass is 35.5. The highest BCUT2D eigenvalue weighted by Crippen LogP contribution is 2.22. The lowest BCUT2D eigenvalue weighted by Crippen LogP contribution is -2.40. The maximum atomic E-state index is 12.3. The van der Waals surface area contributed by atoms with Crippen molar-refractivity contribution in [2.24, 2.45) is 0 Å². The topological polar surface area (TPSA) is 70.7 Å². The van der Waals surface area contributed by atoms with Gasteiger partial charge in [0, 0.05) is 18.8 Å². The number of likely N-dealkylation sites (N-methyl/N-ethyl adjacent to an activating group) is 1. The van der Waals surface area contributed by atoms with Crippen LogP contribution in [0.25, 0.3) is 0 Å². The van der Waals surface area contributed by atoms with Crippen LogP contribution in [-0.4, -0.2) is 56.6 Å². The van der Waals surface area contributed by atoms with Gasteiger partial charge in [-0.3, -0.25) is 9.59 Å². The van der Waals surface area contributed by atoms with Gasteiger partial charge in [0.05, 0.1) is 30.3 Å². The largest absolute Gasteiger partial charge is 0.378 e. The predicted molar refractivity (Wildman–Crippen MR) is 88.0 cm³/mol. The summed E-state index contributed by atoms with van der Waals surface area (Å²) in [4.78, 5) is 25.5. The number of hydrogen-bond donors (Lipinski definition) is 2. The van der Waals surface area contributed by atoms with E-state index in [1.165, 1.54) is 0 Å². The Balaban J connectivity index is 0.00000242. The molecule has 1 aliphatic heterocycles. The van der Waals surface area contributed by atoms with Crippen LogP contribution in [0.15, 0.2) is 18.2 Å². The summed E-state index contributed by atoms with van der Waals surface area (Å²) in [6.45, 7) is 2.43. The molecule has 1 aromatic rings. The van der Waals surface area contributed by atoms with Crippen LogP contribution in [0.5, 0.6) is 0 Å². The van der Waals surface area contributed by atoms with Crippen molar-refractivity contribution in [3.8, 4) is 0 Å². The first kappa shape index (κ1) is 18.7. The third-order valence-corrected chi connectivity index (χ3v) is 3.43. The van der Waals surface area contributed by atoms with Crippen LogP contribution in [-0.2, 0) is 9.53 Å². The summed E-state index contributed by atoms with van der Waals surface area (Å²) < 4.78 is 5.22. The van der Waals surface area contributed by atoms with Crippen LogP contribution in [0.3, 0.4) is 0 Å². The van der Waals surface area contributed by atoms with Crippen molar-refractivity contribution in [3.63, 3.8) is 0 Å². The molecule has 2 N–H and O–H groups in total. The maximum Gasteiger partial charge on any atom is 0.255 e. The number of nitrogens with zero attached hydrogens (tertiary/aromatic N) is 1. The van der Waals surface area contributed by atoms with Gasteiger partial charge >= 0.3 is 0 Å². The van der Waals surface area contributed by atoms with Gasteiger partial charge in [-0.1, -0.05) is 11.6 Å². The minimum absolute atomic E-state index is 0. The molecule has 1 fully saturated rings. The van der Waals surface area contributed by atoms with Crippen molar-refractivity contribution >= 4 is 41.5 Å². The van der Waals surface area contributed by atoms with Crippen molar-refractivity contribution in [3.05, 3.63) is 28.8 Å². The molecule has 0 aromatic heterocycles. The van der Waals surface area contributed by atoms with Gasteiger partial charge < -0.3 is 20.3 Å². The van der Waals surface area contributed by atoms with Gasteiger partial charge in [-0.05, 0) is 25.2 Å². The molecule has 1 heterocycles. The Morgan fingerprint density at radius 1 is 1.32 bits per heavy atom. The molecule has 0 unspecified atom stereocenters. The first-order valence-electron chi connectivity index (χ1n) is 6.73. The van der Waals surface area contributed by atoms with Gasteiger partial charge in [0.1, 0.15) is 0 Å². The number of anilines is 1. The highest BCUT2D eigenvalue weighted by Gasteiger charge is 2.20. The monoisotopic (exact) mass is 347 g/mol. The van der Waals surface area contributed by atoms with Crippen LogP contribution in [0, 0.1) is 0 Å². The molecule has 2 rings (SSSR count). The van der Waals surface area contributed by atoms with E-state index < -0.39 is 0 Å². The average Bonchev–Trinajstić information content (AvgIpc) is 2.48. The number of hydrogen-bond acceptors (Lipinski definition) is 4. The molecular weight excluding hydrogens is 329 g/mol. The van der Waals surface area contributed by atoms with Crippen LogP contribution in [0.1, 0.15) is 10.4 Å². The van der Waals surface area contributed by atoms with Crippen LogP contribution < -0.4 is 10.6 Å². The predicted octanol–water partition coefficient (Wildman–Crippen LogP) is 1.39. The van der Waals surface area contributed by atoms with Crippen molar-refractivity contribution in [2.45, 2.75) is 0 Å². The first-order valence-corrected chi connectivity index (χ1v) is 7.10. The van der Waals surface area contributed by atoms with Crippen molar-refractivity contribution in [1.29, 1.82) is 0 Å². The molecule has 1 aromatic carbocycles. The summed E-state index contributed by atoms with van der Waals surface area (Å²) in [7, 11) is 1.69. The van der Waals surface area contributed by atoms with E-state index in [9.17, 15) is 9.59 Å². The van der Waals surface area contributed by atoms with E-state index in [4.69, 9.17) is 16.3 Å². The fourth-order valence-corrected chi connectivity index (χ4v) is 2.33. The molecule has 0 atom stereocenters. The highest BCUT2D eigenvalue weighted by molar-refractivity contribution is 6.34. The summed E-state index contributed by atoms with van der Waals surface area (Å²) in [6, 6.07) is 4.89. The second-order valence-electron chi connectivity index (χ2n) is 4.68. The number of morpholine rings is 1. The molecule has 8 heteroatoms. The molecule has 0 spiro atoms. The Morgan fingerprint density at radius 2 is 2.00 bits per heavy atom. The summed E-state index contributed by atoms with van der Waals surface area (Å²) in [5.41, 5.74) is 1.00. The molecule has 122 valence electrons. The molecule has 0 radical (unpaired) electrons. The van der Waals surface area contributed by atoms with Crippen molar-refractivity contribution < 1.29 is 14.3 Å². The number of carbonyl (C=O) groups is 2. The number of nitrogens with one attached hydrogen (secondary N) is 2. The average molecular weight is 348 g/mol. The van der Waals surface area contributed by atoms with E-state index >= 15 is 0 Å². The van der Waals surface area contributed by atoms with Gasteiger partial charge in [0.2, 0.25) is 5.91 Å². The fourth-order valence-electron chi connectivity index (χ4n) is 2.07. The van der Waals surface area contributed by atoms with Gasteiger partial charge in [0.15, 0.2) is 0 Å². The second-order valence-corrected chi connectivity index (χ2v) is 5.08. The molecule has 0 bridgehead atoms. The summed E-state index contributed by atoms with van der Waals surface area (Å²) in [5, 5.41) is 5.78. The Bertz CT molecular complexity index is 534. The third-order valence-electron chi connectivity index (χ3n) is 3.12. The number of carbonyl (C=O) groups excluding carboxylic acids is 2. The summed E-state index contributed by atoms with van der Waals surface area (Å²) in [5.74, 6) is -0.280. The molecule has 1 aliphatic rings. The number of amides is 2.